The van der Waals surface area contributed by atoms with Crippen LogP contribution in [0, 0.1) is 0 Å². The van der Waals surface area contributed by atoms with E-state index in [0.717, 1.165) is 0 Å². The minimum Gasteiger partial charge on any atom is -0.494 e. The largest absolute Gasteiger partial charge is 0.494 e. The van der Waals surface area contributed by atoms with Gasteiger partial charge in [0.15, 0.2) is 5.78 Å². The molecule has 0 aromatic heterocycles. The normalized spacial score (nSPS) is 10.3. The summed E-state index contributed by atoms with van der Waals surface area (Å²) in [6.07, 6.45) is 0. The van der Waals surface area contributed by atoms with Crippen LogP contribution in [0.3, 0.4) is 0 Å². The lowest BCUT2D eigenvalue weighted by atomic mass is 10.0. The second kappa shape index (κ2) is 5.96. The Hall–Kier alpha value is -2.01. The van der Waals surface area contributed by atoms with E-state index in [1.54, 1.807) is 36.4 Å². The van der Waals surface area contributed by atoms with Gasteiger partial charge in [-0.05, 0) is 59.3 Å². The lowest BCUT2D eigenvalue weighted by Gasteiger charge is -2.09. The molecule has 20 heavy (non-hydrogen) atoms. The zero-order chi connectivity index (χ0) is 14.7. The predicted octanol–water partition coefficient (Wildman–Crippen LogP) is 3.24. The zero-order valence-corrected chi connectivity index (χ0v) is 12.6. The van der Waals surface area contributed by atoms with Crippen molar-refractivity contribution in [2.24, 2.45) is 0 Å². The second-order valence-corrected chi connectivity index (χ2v) is 5.10. The van der Waals surface area contributed by atoms with Crippen molar-refractivity contribution >= 4 is 33.1 Å². The molecule has 0 amide bonds. The smallest absolute Gasteiger partial charge is 0.196 e. The van der Waals surface area contributed by atoms with E-state index < -0.39 is 0 Å². The van der Waals surface area contributed by atoms with Gasteiger partial charge in [0.2, 0.25) is 0 Å². The van der Waals surface area contributed by atoms with Crippen molar-refractivity contribution in [1.29, 1.82) is 0 Å². The number of carbonyl (C=O) groups excluding carboxylic acids is 1. The fraction of sp³-hybridized carbons (Fsp3) is 0.133. The number of hydrogen-bond donors (Lipinski definition) is 2. The van der Waals surface area contributed by atoms with Crippen molar-refractivity contribution in [1.82, 2.24) is 0 Å². The van der Waals surface area contributed by atoms with E-state index in [1.807, 2.05) is 6.92 Å². The molecule has 0 radical (unpaired) electrons. The molecule has 0 atom stereocenters. The van der Waals surface area contributed by atoms with Crippen molar-refractivity contribution in [3.05, 3.63) is 52.0 Å². The Kier molecular flexibility index (Phi) is 4.29. The van der Waals surface area contributed by atoms with E-state index in [9.17, 15) is 4.79 Å². The Labute approximate surface area is 125 Å². The Morgan fingerprint density at radius 3 is 2.45 bits per heavy atom. The molecule has 0 aliphatic rings. The first-order valence-corrected chi connectivity index (χ1v) is 6.94. The molecule has 0 fully saturated rings. The summed E-state index contributed by atoms with van der Waals surface area (Å²) in [7, 11) is 0. The molecule has 4 nitrogen and oxygen atoms in total. The third-order valence-electron chi connectivity index (χ3n) is 2.82. The van der Waals surface area contributed by atoms with Gasteiger partial charge in [-0.15, -0.1) is 0 Å². The SMILES string of the molecule is CCOc1ccc(C(=O)c2ccc(N)cc2N)c(Br)c1. The molecule has 0 saturated heterocycles. The second-order valence-electron chi connectivity index (χ2n) is 4.25. The number of rotatable bonds is 4. The number of ketones is 1. The number of halogens is 1. The average molecular weight is 335 g/mol. The fourth-order valence-electron chi connectivity index (χ4n) is 1.87. The van der Waals surface area contributed by atoms with Gasteiger partial charge in [0.05, 0.1) is 6.61 Å². The first-order chi connectivity index (χ1) is 9.52. The summed E-state index contributed by atoms with van der Waals surface area (Å²) in [4.78, 5) is 12.5. The van der Waals surface area contributed by atoms with Crippen LogP contribution in [0.2, 0.25) is 0 Å². The van der Waals surface area contributed by atoms with Gasteiger partial charge in [0.25, 0.3) is 0 Å². The number of nitrogens with two attached hydrogens (primary N) is 2. The zero-order valence-electron chi connectivity index (χ0n) is 11.0. The number of benzene rings is 2. The van der Waals surface area contributed by atoms with Crippen molar-refractivity contribution in [3.63, 3.8) is 0 Å². The summed E-state index contributed by atoms with van der Waals surface area (Å²) in [5, 5.41) is 0. The molecule has 0 aliphatic carbocycles. The van der Waals surface area contributed by atoms with Gasteiger partial charge in [-0.1, -0.05) is 0 Å². The van der Waals surface area contributed by atoms with Crippen molar-refractivity contribution in [3.8, 4) is 5.75 Å². The molecular weight excluding hydrogens is 320 g/mol. The summed E-state index contributed by atoms with van der Waals surface area (Å²) >= 11 is 3.39. The molecule has 0 unspecified atom stereocenters. The van der Waals surface area contributed by atoms with Crippen molar-refractivity contribution in [2.75, 3.05) is 18.1 Å². The van der Waals surface area contributed by atoms with E-state index in [4.69, 9.17) is 16.2 Å². The summed E-state index contributed by atoms with van der Waals surface area (Å²) in [5.74, 6) is 0.554. The molecule has 0 aliphatic heterocycles. The van der Waals surface area contributed by atoms with Gasteiger partial charge in [-0.25, -0.2) is 0 Å². The summed E-state index contributed by atoms with van der Waals surface area (Å²) in [6.45, 7) is 2.48. The molecule has 5 heteroatoms. The maximum Gasteiger partial charge on any atom is 0.196 e. The number of nitrogen functional groups attached to an aromatic ring is 2. The molecule has 4 N–H and O–H groups in total. The average Bonchev–Trinajstić information content (AvgIpc) is 2.38. The molecule has 2 rings (SSSR count). The molecule has 2 aromatic rings. The van der Waals surface area contributed by atoms with Gasteiger partial charge in [-0.3, -0.25) is 4.79 Å². The summed E-state index contributed by atoms with van der Waals surface area (Å²) in [6, 6.07) is 10.1. The Morgan fingerprint density at radius 2 is 1.85 bits per heavy atom. The third-order valence-corrected chi connectivity index (χ3v) is 3.47. The number of ether oxygens (including phenoxy) is 1. The number of hydrogen-bond acceptors (Lipinski definition) is 4. The van der Waals surface area contributed by atoms with E-state index in [2.05, 4.69) is 15.9 Å². The standard InChI is InChI=1S/C15H15BrN2O2/c1-2-20-10-4-6-11(13(16)8-10)15(19)12-5-3-9(17)7-14(12)18/h3-8H,2,17-18H2,1H3. The highest BCUT2D eigenvalue weighted by atomic mass is 79.9. The first kappa shape index (κ1) is 14.4. The Balaban J connectivity index is 2.38. The van der Waals surface area contributed by atoms with Crippen LogP contribution in [-0.2, 0) is 0 Å². The van der Waals surface area contributed by atoms with Crippen LogP contribution in [-0.4, -0.2) is 12.4 Å². The molecular formula is C15H15BrN2O2. The lowest BCUT2D eigenvalue weighted by molar-refractivity contribution is 0.103. The molecule has 0 bridgehead atoms. The first-order valence-electron chi connectivity index (χ1n) is 6.15. The maximum atomic E-state index is 12.5. The highest BCUT2D eigenvalue weighted by Crippen LogP contribution is 2.27. The summed E-state index contributed by atoms with van der Waals surface area (Å²) < 4.78 is 6.06. The van der Waals surface area contributed by atoms with Crippen LogP contribution >= 0.6 is 15.9 Å². The van der Waals surface area contributed by atoms with Gasteiger partial charge in [0, 0.05) is 27.0 Å². The highest BCUT2D eigenvalue weighted by Gasteiger charge is 2.16. The molecule has 2 aromatic carbocycles. The minimum atomic E-state index is -0.155. The quantitative estimate of drug-likeness (QED) is 0.664. The van der Waals surface area contributed by atoms with E-state index >= 15 is 0 Å². The van der Waals surface area contributed by atoms with E-state index in [1.165, 1.54) is 0 Å². The van der Waals surface area contributed by atoms with Crippen LogP contribution in [0.1, 0.15) is 22.8 Å². The predicted molar refractivity (Wildman–Crippen MR) is 84.0 cm³/mol. The van der Waals surface area contributed by atoms with Crippen LogP contribution in [0.5, 0.6) is 5.75 Å². The van der Waals surface area contributed by atoms with Gasteiger partial charge in [-0.2, -0.15) is 0 Å². The third kappa shape index (κ3) is 2.93. The molecule has 0 spiro atoms. The number of carbonyl (C=O) groups is 1. The van der Waals surface area contributed by atoms with Gasteiger partial charge < -0.3 is 16.2 Å². The monoisotopic (exact) mass is 334 g/mol. The Bertz CT molecular complexity index is 656. The van der Waals surface area contributed by atoms with E-state index in [-0.39, 0.29) is 5.78 Å². The maximum absolute atomic E-state index is 12.5. The topological polar surface area (TPSA) is 78.3 Å². The van der Waals surface area contributed by atoms with Crippen molar-refractivity contribution in [2.45, 2.75) is 6.92 Å². The lowest BCUT2D eigenvalue weighted by Crippen LogP contribution is -2.07. The Morgan fingerprint density at radius 1 is 1.15 bits per heavy atom. The van der Waals surface area contributed by atoms with Crippen molar-refractivity contribution < 1.29 is 9.53 Å². The van der Waals surface area contributed by atoms with Crippen LogP contribution in [0.15, 0.2) is 40.9 Å². The minimum absolute atomic E-state index is 0.155. The van der Waals surface area contributed by atoms with Crippen LogP contribution in [0.25, 0.3) is 0 Å². The number of anilines is 2. The van der Waals surface area contributed by atoms with Crippen LogP contribution < -0.4 is 16.2 Å². The molecule has 104 valence electrons. The van der Waals surface area contributed by atoms with E-state index in [0.29, 0.717) is 39.3 Å². The fourth-order valence-corrected chi connectivity index (χ4v) is 2.41. The van der Waals surface area contributed by atoms with Gasteiger partial charge in [0.1, 0.15) is 5.75 Å². The van der Waals surface area contributed by atoms with Crippen LogP contribution in [0.4, 0.5) is 11.4 Å². The molecule has 0 saturated carbocycles. The summed E-state index contributed by atoms with van der Waals surface area (Å²) in [5.41, 5.74) is 13.3. The van der Waals surface area contributed by atoms with Gasteiger partial charge >= 0.3 is 0 Å². The molecule has 0 heterocycles. The highest BCUT2D eigenvalue weighted by molar-refractivity contribution is 9.10.